The summed E-state index contributed by atoms with van der Waals surface area (Å²) in [5.74, 6) is 0.786. The molecule has 1 aromatic heterocycles. The van der Waals surface area contributed by atoms with Crippen LogP contribution in [-0.2, 0) is 6.42 Å². The molecule has 18 heavy (non-hydrogen) atoms. The van der Waals surface area contributed by atoms with Gasteiger partial charge in [-0.15, -0.1) is 0 Å². The molecule has 0 unspecified atom stereocenters. The number of aromatic hydroxyl groups is 1. The van der Waals surface area contributed by atoms with Crippen molar-refractivity contribution in [2.75, 3.05) is 5.75 Å². The first-order valence-electron chi connectivity index (χ1n) is 6.53. The molecule has 5 heteroatoms. The zero-order valence-electron chi connectivity index (χ0n) is 11.6. The van der Waals surface area contributed by atoms with Crippen LogP contribution in [0.2, 0.25) is 0 Å². The number of thioether (sulfide) groups is 1. The molecule has 1 atom stereocenters. The van der Waals surface area contributed by atoms with E-state index >= 15 is 0 Å². The minimum absolute atomic E-state index is 0.0991. The van der Waals surface area contributed by atoms with Crippen LogP contribution in [0.3, 0.4) is 0 Å². The van der Waals surface area contributed by atoms with E-state index in [1.165, 1.54) is 11.8 Å². The van der Waals surface area contributed by atoms with Gasteiger partial charge in [-0.1, -0.05) is 32.5 Å². The van der Waals surface area contributed by atoms with Crippen molar-refractivity contribution in [1.29, 1.82) is 0 Å². The van der Waals surface area contributed by atoms with Crippen LogP contribution in [0, 0.1) is 0 Å². The summed E-state index contributed by atoms with van der Waals surface area (Å²) in [7, 11) is 0. The van der Waals surface area contributed by atoms with Gasteiger partial charge in [-0.05, 0) is 26.2 Å². The summed E-state index contributed by atoms with van der Waals surface area (Å²) in [6.07, 6.45) is 2.39. The van der Waals surface area contributed by atoms with Crippen LogP contribution in [0.15, 0.2) is 9.95 Å². The third-order valence-electron chi connectivity index (χ3n) is 2.97. The Balaban J connectivity index is 3.36. The van der Waals surface area contributed by atoms with E-state index in [1.807, 2.05) is 20.8 Å². The Labute approximate surface area is 112 Å². The molecule has 0 saturated heterocycles. The van der Waals surface area contributed by atoms with Crippen molar-refractivity contribution in [3.63, 3.8) is 0 Å². The average Bonchev–Trinajstić information content (AvgIpc) is 2.35. The Morgan fingerprint density at radius 3 is 2.56 bits per heavy atom. The smallest absolute Gasteiger partial charge is 0.261 e. The molecule has 4 nitrogen and oxygen atoms in total. The first kappa shape index (κ1) is 15.1. The second kappa shape index (κ2) is 6.83. The summed E-state index contributed by atoms with van der Waals surface area (Å²) in [6.45, 7) is 8.00. The Hall–Kier alpha value is -0.970. The first-order valence-corrected chi connectivity index (χ1v) is 7.52. The van der Waals surface area contributed by atoms with Gasteiger partial charge in [-0.25, -0.2) is 0 Å². The highest BCUT2D eigenvalue weighted by Gasteiger charge is 2.18. The highest BCUT2D eigenvalue weighted by molar-refractivity contribution is 7.99. The number of rotatable bonds is 6. The van der Waals surface area contributed by atoms with Crippen LogP contribution in [-0.4, -0.2) is 20.4 Å². The van der Waals surface area contributed by atoms with Gasteiger partial charge in [0.15, 0.2) is 5.16 Å². The van der Waals surface area contributed by atoms with Crippen LogP contribution in [0.5, 0.6) is 5.88 Å². The van der Waals surface area contributed by atoms with Gasteiger partial charge in [0.05, 0.1) is 5.56 Å². The lowest BCUT2D eigenvalue weighted by Crippen LogP contribution is -2.28. The topological polar surface area (TPSA) is 55.1 Å². The van der Waals surface area contributed by atoms with Crippen molar-refractivity contribution in [2.45, 2.75) is 58.2 Å². The summed E-state index contributed by atoms with van der Waals surface area (Å²) in [5, 5.41) is 10.4. The van der Waals surface area contributed by atoms with Gasteiger partial charge in [-0.2, -0.15) is 4.98 Å². The van der Waals surface area contributed by atoms with Crippen LogP contribution >= 0.6 is 11.8 Å². The van der Waals surface area contributed by atoms with Gasteiger partial charge in [0, 0.05) is 11.8 Å². The van der Waals surface area contributed by atoms with E-state index in [0.29, 0.717) is 17.1 Å². The second-order valence-electron chi connectivity index (χ2n) is 4.33. The highest BCUT2D eigenvalue weighted by atomic mass is 32.2. The normalized spacial score (nSPS) is 12.7. The van der Waals surface area contributed by atoms with Crippen molar-refractivity contribution in [3.05, 3.63) is 15.9 Å². The van der Waals surface area contributed by atoms with E-state index in [4.69, 9.17) is 0 Å². The van der Waals surface area contributed by atoms with Crippen LogP contribution in [0.25, 0.3) is 0 Å². The maximum Gasteiger partial charge on any atom is 0.261 e. The molecule has 1 heterocycles. The van der Waals surface area contributed by atoms with Crippen LogP contribution in [0.1, 0.15) is 52.1 Å². The lowest BCUT2D eigenvalue weighted by atomic mass is 10.2. The number of hydrogen-bond acceptors (Lipinski definition) is 4. The largest absolute Gasteiger partial charge is 0.493 e. The fraction of sp³-hybridized carbons (Fsp3) is 0.692. The molecule has 0 amide bonds. The lowest BCUT2D eigenvalue weighted by molar-refractivity contribution is 0.402. The summed E-state index contributed by atoms with van der Waals surface area (Å²) in [5.41, 5.74) is 0.314. The fourth-order valence-corrected chi connectivity index (χ4v) is 2.66. The van der Waals surface area contributed by atoms with E-state index in [9.17, 15) is 9.90 Å². The van der Waals surface area contributed by atoms with E-state index in [1.54, 1.807) is 4.57 Å². The molecule has 0 aliphatic carbocycles. The molecule has 1 N–H and O–H groups in total. The molecular formula is C13H22N2O2S. The number of nitrogens with zero attached hydrogens (tertiary/aromatic N) is 2. The molecule has 1 rings (SSSR count). The molecule has 0 bridgehead atoms. The molecule has 0 fully saturated rings. The van der Waals surface area contributed by atoms with E-state index in [2.05, 4.69) is 11.9 Å². The van der Waals surface area contributed by atoms with Crippen LogP contribution < -0.4 is 5.56 Å². The van der Waals surface area contributed by atoms with Crippen molar-refractivity contribution in [2.24, 2.45) is 0 Å². The predicted molar refractivity (Wildman–Crippen MR) is 75.6 cm³/mol. The van der Waals surface area contributed by atoms with Crippen LogP contribution in [0.4, 0.5) is 0 Å². The third kappa shape index (κ3) is 3.07. The Bertz CT molecular complexity index is 457. The van der Waals surface area contributed by atoms with Gasteiger partial charge in [0.2, 0.25) is 5.88 Å². The zero-order chi connectivity index (χ0) is 13.7. The average molecular weight is 270 g/mol. The highest BCUT2D eigenvalue weighted by Crippen LogP contribution is 2.23. The van der Waals surface area contributed by atoms with Gasteiger partial charge in [-0.3, -0.25) is 9.36 Å². The molecule has 0 aromatic carbocycles. The quantitative estimate of drug-likeness (QED) is 0.638. The van der Waals surface area contributed by atoms with Gasteiger partial charge < -0.3 is 5.11 Å². The van der Waals surface area contributed by atoms with Crippen molar-refractivity contribution >= 4 is 11.8 Å². The molecule has 0 radical (unpaired) electrons. The minimum Gasteiger partial charge on any atom is -0.493 e. The molecule has 102 valence electrons. The van der Waals surface area contributed by atoms with Crippen molar-refractivity contribution in [3.8, 4) is 5.88 Å². The summed E-state index contributed by atoms with van der Waals surface area (Å²) in [4.78, 5) is 16.5. The monoisotopic (exact) mass is 270 g/mol. The number of aromatic nitrogens is 2. The SMILES string of the molecule is CCCSc1nc(O)c(CC)c(=O)n1[C@H](C)CC. The minimum atomic E-state index is -0.111. The summed E-state index contributed by atoms with van der Waals surface area (Å²) in [6, 6.07) is 0.107. The molecule has 0 saturated carbocycles. The predicted octanol–water partition coefficient (Wildman–Crippen LogP) is 2.98. The summed E-state index contributed by atoms with van der Waals surface area (Å²) >= 11 is 1.53. The van der Waals surface area contributed by atoms with Gasteiger partial charge in [0.1, 0.15) is 0 Å². The third-order valence-corrected chi connectivity index (χ3v) is 4.13. The maximum absolute atomic E-state index is 12.4. The van der Waals surface area contributed by atoms with Gasteiger partial charge in [0.25, 0.3) is 5.56 Å². The van der Waals surface area contributed by atoms with E-state index < -0.39 is 0 Å². The molecular weight excluding hydrogens is 248 g/mol. The molecule has 0 spiro atoms. The van der Waals surface area contributed by atoms with Crippen molar-refractivity contribution < 1.29 is 5.11 Å². The zero-order valence-corrected chi connectivity index (χ0v) is 12.4. The van der Waals surface area contributed by atoms with E-state index in [-0.39, 0.29) is 17.5 Å². The standard InChI is InChI=1S/C13H22N2O2S/c1-5-8-18-13-14-11(16)10(7-3)12(17)15(13)9(4)6-2/h9,16H,5-8H2,1-4H3/t9-/m1/s1. The molecule has 0 aliphatic rings. The maximum atomic E-state index is 12.4. The lowest BCUT2D eigenvalue weighted by Gasteiger charge is -2.18. The summed E-state index contributed by atoms with van der Waals surface area (Å²) < 4.78 is 1.72. The van der Waals surface area contributed by atoms with Crippen molar-refractivity contribution in [1.82, 2.24) is 9.55 Å². The van der Waals surface area contributed by atoms with Gasteiger partial charge >= 0.3 is 0 Å². The molecule has 0 aliphatic heterocycles. The van der Waals surface area contributed by atoms with E-state index in [0.717, 1.165) is 18.6 Å². The second-order valence-corrected chi connectivity index (χ2v) is 5.39. The Morgan fingerprint density at radius 2 is 2.06 bits per heavy atom. The number of hydrogen-bond donors (Lipinski definition) is 1. The Morgan fingerprint density at radius 1 is 1.39 bits per heavy atom. The molecule has 1 aromatic rings. The first-order chi connectivity index (χ1) is 8.56. The fourth-order valence-electron chi connectivity index (χ4n) is 1.72. The Kier molecular flexibility index (Phi) is 5.72.